The minimum atomic E-state index is -0.908. The Morgan fingerprint density at radius 3 is 2.77 bits per heavy atom. The largest absolute Gasteiger partial charge is 0.465 e. The number of hydrogen-bond acceptors (Lipinski definition) is 5. The molecule has 0 saturated carbocycles. The van der Waals surface area contributed by atoms with Gasteiger partial charge < -0.3 is 10.0 Å². The van der Waals surface area contributed by atoms with Gasteiger partial charge in [0.2, 0.25) is 0 Å². The normalized spacial score (nSPS) is 14.1. The SMILES string of the molecule is Cn1cc2cc(-c3cc(Cl)c4nc(C5=CCN(C(=O)O)CC5)sc4c3)cc(C#N)c2n1. The van der Waals surface area contributed by atoms with Crippen LogP contribution in [-0.2, 0) is 7.05 Å². The standard InChI is InChI=1S/C22H16ClN5O2S/c1-27-11-16-7-13(6-15(10-24)19(16)26-27)14-8-17(23)20-18(9-14)31-21(25-20)12-2-4-28(5-3-12)22(29)30/h2,6-9,11H,3-5H2,1H3,(H,29,30). The van der Waals surface area contributed by atoms with E-state index in [0.717, 1.165) is 37.3 Å². The van der Waals surface area contributed by atoms with E-state index in [-0.39, 0.29) is 0 Å². The van der Waals surface area contributed by atoms with Gasteiger partial charge in [-0.2, -0.15) is 10.4 Å². The topological polar surface area (TPSA) is 95.0 Å². The van der Waals surface area contributed by atoms with Crippen molar-refractivity contribution in [3.05, 3.63) is 52.1 Å². The summed E-state index contributed by atoms with van der Waals surface area (Å²) in [5.41, 5.74) is 4.77. The van der Waals surface area contributed by atoms with E-state index in [1.54, 1.807) is 16.0 Å². The molecule has 2 aromatic heterocycles. The van der Waals surface area contributed by atoms with Crippen LogP contribution in [-0.4, -0.2) is 44.0 Å². The highest BCUT2D eigenvalue weighted by molar-refractivity contribution is 7.19. The van der Waals surface area contributed by atoms with Crippen molar-refractivity contribution in [2.24, 2.45) is 7.05 Å². The monoisotopic (exact) mass is 449 g/mol. The van der Waals surface area contributed by atoms with E-state index in [1.807, 2.05) is 43.6 Å². The summed E-state index contributed by atoms with van der Waals surface area (Å²) in [6.07, 6.45) is 3.52. The number of carbonyl (C=O) groups is 1. The average Bonchev–Trinajstić information content (AvgIpc) is 3.36. The highest BCUT2D eigenvalue weighted by atomic mass is 35.5. The van der Waals surface area contributed by atoms with Crippen LogP contribution >= 0.6 is 22.9 Å². The molecule has 4 aromatic rings. The molecule has 1 amide bonds. The summed E-state index contributed by atoms with van der Waals surface area (Å²) < 4.78 is 2.65. The van der Waals surface area contributed by atoms with Gasteiger partial charge in [0.1, 0.15) is 22.1 Å². The highest BCUT2D eigenvalue weighted by Crippen LogP contribution is 2.38. The second kappa shape index (κ2) is 7.38. The molecule has 0 unspecified atom stereocenters. The number of nitriles is 1. The molecule has 0 aliphatic carbocycles. The van der Waals surface area contributed by atoms with Crippen molar-refractivity contribution in [2.75, 3.05) is 13.1 Å². The number of aryl methyl sites for hydroxylation is 1. The Morgan fingerprint density at radius 2 is 2.06 bits per heavy atom. The molecule has 0 fully saturated rings. The van der Waals surface area contributed by atoms with Gasteiger partial charge in [-0.3, -0.25) is 4.68 Å². The number of carboxylic acid groups (broad SMARTS) is 1. The average molecular weight is 450 g/mol. The molecule has 0 radical (unpaired) electrons. The van der Waals surface area contributed by atoms with Gasteiger partial charge in [-0.15, -0.1) is 11.3 Å². The van der Waals surface area contributed by atoms with E-state index in [9.17, 15) is 10.1 Å². The Morgan fingerprint density at radius 1 is 1.26 bits per heavy atom. The molecule has 9 heteroatoms. The van der Waals surface area contributed by atoms with Crippen LogP contribution in [0.25, 0.3) is 37.8 Å². The van der Waals surface area contributed by atoms with Crippen molar-refractivity contribution in [3.8, 4) is 17.2 Å². The number of amides is 1. The van der Waals surface area contributed by atoms with E-state index in [2.05, 4.69) is 11.2 Å². The molecule has 154 valence electrons. The second-order valence-corrected chi connectivity index (χ2v) is 8.85. The maximum absolute atomic E-state index is 11.1. The third-order valence-electron chi connectivity index (χ3n) is 5.38. The molecule has 1 aliphatic heterocycles. The van der Waals surface area contributed by atoms with Crippen molar-refractivity contribution in [2.45, 2.75) is 6.42 Å². The first kappa shape index (κ1) is 19.5. The van der Waals surface area contributed by atoms with Crippen molar-refractivity contribution in [1.29, 1.82) is 5.26 Å². The number of thiazole rings is 1. The van der Waals surface area contributed by atoms with Crippen molar-refractivity contribution >= 4 is 55.7 Å². The Kier molecular flexibility index (Phi) is 4.65. The molecule has 0 saturated heterocycles. The molecule has 3 heterocycles. The van der Waals surface area contributed by atoms with Gasteiger partial charge in [0.15, 0.2) is 0 Å². The maximum Gasteiger partial charge on any atom is 0.407 e. The zero-order valence-corrected chi connectivity index (χ0v) is 18.0. The summed E-state index contributed by atoms with van der Waals surface area (Å²) in [5, 5.41) is 25.4. The predicted octanol–water partition coefficient (Wildman–Crippen LogP) is 5.14. The number of nitrogens with zero attached hydrogens (tertiary/aromatic N) is 5. The fourth-order valence-corrected chi connectivity index (χ4v) is 5.25. The quantitative estimate of drug-likeness (QED) is 0.457. The highest BCUT2D eigenvalue weighted by Gasteiger charge is 2.20. The van der Waals surface area contributed by atoms with Gasteiger partial charge in [0, 0.05) is 31.7 Å². The van der Waals surface area contributed by atoms with E-state index in [1.165, 1.54) is 4.90 Å². The molecule has 1 N–H and O–H groups in total. The van der Waals surface area contributed by atoms with Gasteiger partial charge in [-0.1, -0.05) is 17.7 Å². The molecule has 31 heavy (non-hydrogen) atoms. The summed E-state index contributed by atoms with van der Waals surface area (Å²) >= 11 is 8.13. The Hall–Kier alpha value is -3.41. The summed E-state index contributed by atoms with van der Waals surface area (Å²) in [7, 11) is 1.83. The zero-order valence-electron chi connectivity index (χ0n) is 16.5. The van der Waals surface area contributed by atoms with Crippen molar-refractivity contribution in [3.63, 3.8) is 0 Å². The van der Waals surface area contributed by atoms with Crippen molar-refractivity contribution < 1.29 is 9.90 Å². The number of benzene rings is 2. The number of fused-ring (bicyclic) bond motifs is 2. The Labute approximate surface area is 186 Å². The van der Waals surface area contributed by atoms with Crippen LogP contribution in [0.3, 0.4) is 0 Å². The molecular weight excluding hydrogens is 434 g/mol. The minimum absolute atomic E-state index is 0.363. The van der Waals surface area contributed by atoms with Crippen LogP contribution < -0.4 is 0 Å². The Bertz CT molecular complexity index is 1450. The van der Waals surface area contributed by atoms with Crippen LogP contribution in [0.5, 0.6) is 0 Å². The zero-order chi connectivity index (χ0) is 21.7. The van der Waals surface area contributed by atoms with Crippen molar-refractivity contribution in [1.82, 2.24) is 19.7 Å². The first-order chi connectivity index (χ1) is 14.9. The first-order valence-corrected chi connectivity index (χ1v) is 10.8. The lowest BCUT2D eigenvalue weighted by atomic mass is 10.0. The summed E-state index contributed by atoms with van der Waals surface area (Å²) in [6, 6.07) is 9.98. The smallest absolute Gasteiger partial charge is 0.407 e. The van der Waals surface area contributed by atoms with Crippen LogP contribution in [0, 0.1) is 11.3 Å². The number of aromatic nitrogens is 3. The lowest BCUT2D eigenvalue weighted by molar-refractivity contribution is 0.150. The molecule has 7 nitrogen and oxygen atoms in total. The van der Waals surface area contributed by atoms with Crippen LogP contribution in [0.2, 0.25) is 5.02 Å². The summed E-state index contributed by atoms with van der Waals surface area (Å²) in [5.74, 6) is 0. The van der Waals surface area contributed by atoms with Gasteiger partial charge in [0.25, 0.3) is 0 Å². The van der Waals surface area contributed by atoms with E-state index >= 15 is 0 Å². The third kappa shape index (κ3) is 3.42. The summed E-state index contributed by atoms with van der Waals surface area (Å²) in [4.78, 5) is 17.2. The lowest BCUT2D eigenvalue weighted by Gasteiger charge is -2.22. The number of rotatable bonds is 2. The third-order valence-corrected chi connectivity index (χ3v) is 6.75. The van der Waals surface area contributed by atoms with Gasteiger partial charge >= 0.3 is 6.09 Å². The van der Waals surface area contributed by atoms with Gasteiger partial charge in [0.05, 0.1) is 15.3 Å². The van der Waals surface area contributed by atoms with Gasteiger partial charge in [-0.05, 0) is 47.4 Å². The van der Waals surface area contributed by atoms with E-state index < -0.39 is 6.09 Å². The molecule has 2 aromatic carbocycles. The molecule has 0 spiro atoms. The number of halogens is 1. The Balaban J connectivity index is 1.57. The number of hydrogen-bond donors (Lipinski definition) is 1. The maximum atomic E-state index is 11.1. The molecule has 0 bridgehead atoms. The molecule has 1 aliphatic rings. The molecule has 5 rings (SSSR count). The predicted molar refractivity (Wildman–Crippen MR) is 121 cm³/mol. The fraction of sp³-hybridized carbons (Fsp3) is 0.182. The minimum Gasteiger partial charge on any atom is -0.465 e. The van der Waals surface area contributed by atoms with Crippen LogP contribution in [0.15, 0.2) is 36.5 Å². The van der Waals surface area contributed by atoms with Gasteiger partial charge in [-0.25, -0.2) is 9.78 Å². The van der Waals surface area contributed by atoms with Crippen LogP contribution in [0.4, 0.5) is 4.79 Å². The van der Waals surface area contributed by atoms with E-state index in [4.69, 9.17) is 21.7 Å². The second-order valence-electron chi connectivity index (χ2n) is 7.41. The summed E-state index contributed by atoms with van der Waals surface area (Å²) in [6.45, 7) is 0.819. The van der Waals surface area contributed by atoms with Crippen LogP contribution in [0.1, 0.15) is 17.0 Å². The first-order valence-electron chi connectivity index (χ1n) is 9.58. The molecular formula is C22H16ClN5O2S. The van der Waals surface area contributed by atoms with E-state index in [0.29, 0.717) is 35.6 Å². The molecule has 0 atom stereocenters. The fourth-order valence-electron chi connectivity index (χ4n) is 3.84. The lowest BCUT2D eigenvalue weighted by Crippen LogP contribution is -2.33.